The van der Waals surface area contributed by atoms with Gasteiger partial charge < -0.3 is 14.9 Å². The third-order valence-electron chi connectivity index (χ3n) is 2.61. The van der Waals surface area contributed by atoms with Gasteiger partial charge in [-0.3, -0.25) is 15.1 Å². The number of aliphatic hydroxyl groups excluding tert-OH is 2. The zero-order valence-corrected chi connectivity index (χ0v) is 9.39. The molecular weight excluding hydrogens is 240 g/mol. The molecule has 0 unspecified atom stereocenters. The molecule has 7 nitrogen and oxygen atoms in total. The Labute approximate surface area is 103 Å². The van der Waals surface area contributed by atoms with Gasteiger partial charge in [0.25, 0.3) is 5.69 Å². The van der Waals surface area contributed by atoms with E-state index in [0.29, 0.717) is 0 Å². The van der Waals surface area contributed by atoms with E-state index in [0.717, 1.165) is 6.20 Å². The molecule has 0 aliphatic carbocycles. The van der Waals surface area contributed by atoms with Crippen molar-refractivity contribution in [3.05, 3.63) is 40.2 Å². The summed E-state index contributed by atoms with van der Waals surface area (Å²) in [5, 5.41) is 29.5. The van der Waals surface area contributed by atoms with Gasteiger partial charge >= 0.3 is 0 Å². The summed E-state index contributed by atoms with van der Waals surface area (Å²) in [4.78, 5) is 14.0. The standard InChI is InChI=1S/C11H12N2O5/c14-6-8-3-7(15)4-11(18-8)9-1-2-12-5-10(9)13(16)17/h1-2,4-5,7-8,14-15H,3,6H2/t7-,8-/m0/s1. The summed E-state index contributed by atoms with van der Waals surface area (Å²) in [6.45, 7) is -0.257. The maximum Gasteiger partial charge on any atom is 0.298 e. The SMILES string of the molecule is O=[N+]([O-])c1cnccc1C1=C[C@@H](O)C[C@@H](CO)O1. The summed E-state index contributed by atoms with van der Waals surface area (Å²) < 4.78 is 5.40. The Bertz CT molecular complexity index is 488. The van der Waals surface area contributed by atoms with Gasteiger partial charge in [0.05, 0.1) is 23.2 Å². The first-order valence-electron chi connectivity index (χ1n) is 5.38. The molecule has 0 radical (unpaired) electrons. The Morgan fingerprint density at radius 1 is 1.61 bits per heavy atom. The highest BCUT2D eigenvalue weighted by Gasteiger charge is 2.26. The molecule has 1 aliphatic heterocycles. The summed E-state index contributed by atoms with van der Waals surface area (Å²) in [5.74, 6) is 0.196. The van der Waals surface area contributed by atoms with Crippen molar-refractivity contribution in [2.75, 3.05) is 6.61 Å². The quantitative estimate of drug-likeness (QED) is 0.598. The number of pyridine rings is 1. The van der Waals surface area contributed by atoms with Crippen molar-refractivity contribution < 1.29 is 19.9 Å². The van der Waals surface area contributed by atoms with E-state index in [-0.39, 0.29) is 30.0 Å². The first kappa shape index (κ1) is 12.5. The second-order valence-electron chi connectivity index (χ2n) is 3.91. The molecule has 2 atom stereocenters. The van der Waals surface area contributed by atoms with Crippen LogP contribution >= 0.6 is 0 Å². The smallest absolute Gasteiger partial charge is 0.298 e. The minimum Gasteiger partial charge on any atom is -0.487 e. The number of ether oxygens (including phenoxy) is 1. The van der Waals surface area contributed by atoms with Gasteiger partial charge in [-0.1, -0.05) is 0 Å². The molecule has 0 spiro atoms. The van der Waals surface area contributed by atoms with Crippen LogP contribution in [0.15, 0.2) is 24.5 Å². The van der Waals surface area contributed by atoms with E-state index < -0.39 is 17.1 Å². The Kier molecular flexibility index (Phi) is 3.54. The lowest BCUT2D eigenvalue weighted by molar-refractivity contribution is -0.385. The second kappa shape index (κ2) is 5.11. The van der Waals surface area contributed by atoms with Crippen molar-refractivity contribution in [1.82, 2.24) is 4.98 Å². The van der Waals surface area contributed by atoms with Crippen LogP contribution in [-0.2, 0) is 4.74 Å². The largest absolute Gasteiger partial charge is 0.487 e. The van der Waals surface area contributed by atoms with Crippen molar-refractivity contribution in [3.63, 3.8) is 0 Å². The summed E-state index contributed by atoms with van der Waals surface area (Å²) in [6, 6.07) is 1.44. The first-order valence-corrected chi connectivity index (χ1v) is 5.38. The molecule has 18 heavy (non-hydrogen) atoms. The number of nitro groups is 1. The number of nitrogens with zero attached hydrogens (tertiary/aromatic N) is 2. The van der Waals surface area contributed by atoms with E-state index >= 15 is 0 Å². The van der Waals surface area contributed by atoms with Crippen molar-refractivity contribution in [1.29, 1.82) is 0 Å². The highest BCUT2D eigenvalue weighted by molar-refractivity contribution is 5.68. The Balaban J connectivity index is 2.39. The number of rotatable bonds is 3. The van der Waals surface area contributed by atoms with Crippen LogP contribution in [0.5, 0.6) is 0 Å². The van der Waals surface area contributed by atoms with E-state index in [4.69, 9.17) is 9.84 Å². The van der Waals surface area contributed by atoms with Gasteiger partial charge in [0.1, 0.15) is 18.1 Å². The van der Waals surface area contributed by atoms with Crippen LogP contribution in [-0.4, -0.2) is 38.9 Å². The molecule has 0 aromatic carbocycles. The van der Waals surface area contributed by atoms with Crippen molar-refractivity contribution in [2.24, 2.45) is 0 Å². The maximum absolute atomic E-state index is 10.9. The highest BCUT2D eigenvalue weighted by atomic mass is 16.6. The lowest BCUT2D eigenvalue weighted by Crippen LogP contribution is -2.27. The number of aliphatic hydroxyl groups is 2. The lowest BCUT2D eigenvalue weighted by Gasteiger charge is -2.25. The van der Waals surface area contributed by atoms with Gasteiger partial charge in [0.15, 0.2) is 0 Å². The molecule has 0 fully saturated rings. The third-order valence-corrected chi connectivity index (χ3v) is 2.61. The topological polar surface area (TPSA) is 106 Å². The zero-order chi connectivity index (χ0) is 13.1. The second-order valence-corrected chi connectivity index (χ2v) is 3.91. The fourth-order valence-corrected chi connectivity index (χ4v) is 1.78. The van der Waals surface area contributed by atoms with Crippen LogP contribution in [0, 0.1) is 10.1 Å². The van der Waals surface area contributed by atoms with Gasteiger partial charge in [-0.25, -0.2) is 0 Å². The Morgan fingerprint density at radius 2 is 2.39 bits per heavy atom. The Morgan fingerprint density at radius 3 is 3.06 bits per heavy atom. The minimum atomic E-state index is -0.793. The highest BCUT2D eigenvalue weighted by Crippen LogP contribution is 2.30. The van der Waals surface area contributed by atoms with Crippen molar-refractivity contribution in [2.45, 2.75) is 18.6 Å². The van der Waals surface area contributed by atoms with E-state index in [1.807, 2.05) is 0 Å². The fourth-order valence-electron chi connectivity index (χ4n) is 1.78. The van der Waals surface area contributed by atoms with Gasteiger partial charge in [0.2, 0.25) is 0 Å². The van der Waals surface area contributed by atoms with Gasteiger partial charge in [-0.05, 0) is 12.1 Å². The van der Waals surface area contributed by atoms with E-state index in [1.165, 1.54) is 18.3 Å². The van der Waals surface area contributed by atoms with Crippen LogP contribution in [0.2, 0.25) is 0 Å². The predicted molar refractivity (Wildman–Crippen MR) is 61.5 cm³/mol. The molecule has 96 valence electrons. The van der Waals surface area contributed by atoms with Crippen molar-refractivity contribution in [3.8, 4) is 0 Å². The summed E-state index contributed by atoms with van der Waals surface area (Å²) >= 11 is 0. The summed E-state index contributed by atoms with van der Waals surface area (Å²) in [7, 11) is 0. The average Bonchev–Trinajstić information content (AvgIpc) is 2.38. The van der Waals surface area contributed by atoms with Gasteiger partial charge in [0, 0.05) is 12.6 Å². The monoisotopic (exact) mass is 252 g/mol. The number of hydrogen-bond acceptors (Lipinski definition) is 6. The number of hydrogen-bond donors (Lipinski definition) is 2. The fraction of sp³-hybridized carbons (Fsp3) is 0.364. The molecule has 0 saturated carbocycles. The predicted octanol–water partition coefficient (Wildman–Crippen LogP) is 0.473. The van der Waals surface area contributed by atoms with Crippen LogP contribution in [0.4, 0.5) is 5.69 Å². The molecule has 0 amide bonds. The molecule has 1 aromatic rings. The lowest BCUT2D eigenvalue weighted by atomic mass is 10.0. The summed E-state index contributed by atoms with van der Waals surface area (Å²) in [6.07, 6.45) is 2.83. The first-order chi connectivity index (χ1) is 8.61. The van der Waals surface area contributed by atoms with E-state index in [1.54, 1.807) is 0 Å². The maximum atomic E-state index is 10.9. The zero-order valence-electron chi connectivity index (χ0n) is 9.39. The molecular formula is C11H12N2O5. The molecule has 2 rings (SSSR count). The molecule has 1 aromatic heterocycles. The normalized spacial score (nSPS) is 23.1. The molecule has 0 bridgehead atoms. The average molecular weight is 252 g/mol. The van der Waals surface area contributed by atoms with Crippen molar-refractivity contribution >= 4 is 11.4 Å². The molecule has 2 heterocycles. The number of aromatic nitrogens is 1. The van der Waals surface area contributed by atoms with Crippen LogP contribution < -0.4 is 0 Å². The van der Waals surface area contributed by atoms with Crippen LogP contribution in [0.1, 0.15) is 12.0 Å². The third kappa shape index (κ3) is 2.47. The van der Waals surface area contributed by atoms with E-state index in [2.05, 4.69) is 4.98 Å². The Hall–Kier alpha value is -1.99. The van der Waals surface area contributed by atoms with Gasteiger partial charge in [-0.2, -0.15) is 0 Å². The van der Waals surface area contributed by atoms with Gasteiger partial charge in [-0.15, -0.1) is 0 Å². The minimum absolute atomic E-state index is 0.196. The summed E-state index contributed by atoms with van der Waals surface area (Å²) in [5.41, 5.74) is 0.0433. The molecule has 1 aliphatic rings. The molecule has 2 N–H and O–H groups in total. The molecule has 7 heteroatoms. The molecule has 0 saturated heterocycles. The van der Waals surface area contributed by atoms with Crippen LogP contribution in [0.3, 0.4) is 0 Å². The van der Waals surface area contributed by atoms with E-state index in [9.17, 15) is 15.2 Å². The van der Waals surface area contributed by atoms with Crippen LogP contribution in [0.25, 0.3) is 5.76 Å².